The van der Waals surface area contributed by atoms with Crippen LogP contribution in [0.25, 0.3) is 5.57 Å². The maximum atomic E-state index is 9.47. The topological polar surface area (TPSA) is 38.7 Å². The number of aliphatic hydroxyl groups excluding tert-OH is 1. The molecule has 1 aliphatic rings. The van der Waals surface area contributed by atoms with E-state index >= 15 is 0 Å². The summed E-state index contributed by atoms with van der Waals surface area (Å²) < 4.78 is 10.5. The minimum atomic E-state index is -0.362. The van der Waals surface area contributed by atoms with E-state index in [0.717, 1.165) is 29.7 Å². The van der Waals surface area contributed by atoms with Crippen LogP contribution in [0.2, 0.25) is 0 Å². The van der Waals surface area contributed by atoms with E-state index < -0.39 is 0 Å². The molecule has 0 fully saturated rings. The average Bonchev–Trinajstić information content (AvgIpc) is 2.54. The van der Waals surface area contributed by atoms with Crippen LogP contribution < -0.4 is 4.74 Å². The summed E-state index contributed by atoms with van der Waals surface area (Å²) in [6.07, 6.45) is 2.95. The van der Waals surface area contributed by atoms with Gasteiger partial charge in [0.1, 0.15) is 12.4 Å². The van der Waals surface area contributed by atoms with Gasteiger partial charge in [0.05, 0.1) is 19.5 Å². The third kappa shape index (κ3) is 2.55. The number of allylic oxidation sites excluding steroid dienone is 1. The summed E-state index contributed by atoms with van der Waals surface area (Å²) in [5, 5.41) is 9.47. The van der Waals surface area contributed by atoms with Gasteiger partial charge in [-0.3, -0.25) is 0 Å². The number of methoxy groups -OCH3 is 1. The lowest BCUT2D eigenvalue weighted by Gasteiger charge is -2.07. The van der Waals surface area contributed by atoms with Crippen molar-refractivity contribution in [2.75, 3.05) is 13.7 Å². The van der Waals surface area contributed by atoms with Crippen LogP contribution in [0.1, 0.15) is 18.4 Å². The third-order valence-electron chi connectivity index (χ3n) is 2.70. The van der Waals surface area contributed by atoms with Gasteiger partial charge < -0.3 is 14.6 Å². The summed E-state index contributed by atoms with van der Waals surface area (Å²) in [6.45, 7) is 0.382. The quantitative estimate of drug-likeness (QED) is 0.830. The van der Waals surface area contributed by atoms with Crippen molar-refractivity contribution in [1.29, 1.82) is 0 Å². The second-order valence-corrected chi connectivity index (χ2v) is 3.90. The van der Waals surface area contributed by atoms with Gasteiger partial charge in [0.2, 0.25) is 0 Å². The van der Waals surface area contributed by atoms with Crippen LogP contribution in [0.5, 0.6) is 5.75 Å². The SMILES string of the molecule is COc1cccc(C2=COCC(O)CC2)c1. The largest absolute Gasteiger partial charge is 0.498 e. The van der Waals surface area contributed by atoms with Gasteiger partial charge in [0.25, 0.3) is 0 Å². The molecule has 1 unspecified atom stereocenters. The lowest BCUT2D eigenvalue weighted by molar-refractivity contribution is 0.0851. The highest BCUT2D eigenvalue weighted by Crippen LogP contribution is 2.26. The van der Waals surface area contributed by atoms with Crippen LogP contribution in [0.15, 0.2) is 30.5 Å². The van der Waals surface area contributed by atoms with E-state index in [1.807, 2.05) is 24.3 Å². The molecule has 1 aliphatic heterocycles. The molecule has 2 rings (SSSR count). The fourth-order valence-corrected chi connectivity index (χ4v) is 1.76. The Labute approximate surface area is 95.3 Å². The first-order valence-corrected chi connectivity index (χ1v) is 5.43. The van der Waals surface area contributed by atoms with E-state index in [2.05, 4.69) is 0 Å². The predicted octanol–water partition coefficient (Wildman–Crippen LogP) is 2.21. The summed E-state index contributed by atoms with van der Waals surface area (Å²) in [4.78, 5) is 0. The smallest absolute Gasteiger partial charge is 0.119 e. The first-order valence-electron chi connectivity index (χ1n) is 5.43. The highest BCUT2D eigenvalue weighted by molar-refractivity contribution is 5.66. The van der Waals surface area contributed by atoms with E-state index in [-0.39, 0.29) is 6.10 Å². The fraction of sp³-hybridized carbons (Fsp3) is 0.385. The lowest BCUT2D eigenvalue weighted by atomic mass is 10.0. The van der Waals surface area contributed by atoms with Gasteiger partial charge in [-0.15, -0.1) is 0 Å². The molecule has 3 heteroatoms. The van der Waals surface area contributed by atoms with E-state index in [1.54, 1.807) is 13.4 Å². The maximum absolute atomic E-state index is 9.47. The van der Waals surface area contributed by atoms with Crippen molar-refractivity contribution in [2.45, 2.75) is 18.9 Å². The Morgan fingerprint density at radius 1 is 1.44 bits per heavy atom. The van der Waals surface area contributed by atoms with Crippen molar-refractivity contribution in [3.05, 3.63) is 36.1 Å². The van der Waals surface area contributed by atoms with E-state index in [9.17, 15) is 5.11 Å². The van der Waals surface area contributed by atoms with Crippen molar-refractivity contribution < 1.29 is 14.6 Å². The lowest BCUT2D eigenvalue weighted by Crippen LogP contribution is -2.10. The molecule has 0 saturated carbocycles. The zero-order chi connectivity index (χ0) is 11.4. The molecule has 0 radical (unpaired) electrons. The summed E-state index contributed by atoms with van der Waals surface area (Å²) in [5.41, 5.74) is 2.20. The highest BCUT2D eigenvalue weighted by Gasteiger charge is 2.12. The van der Waals surface area contributed by atoms with E-state index in [0.29, 0.717) is 6.61 Å². The first-order chi connectivity index (χ1) is 7.79. The van der Waals surface area contributed by atoms with Crippen molar-refractivity contribution in [2.24, 2.45) is 0 Å². The van der Waals surface area contributed by atoms with Crippen LogP contribution >= 0.6 is 0 Å². The molecule has 86 valence electrons. The predicted molar refractivity (Wildman–Crippen MR) is 62.2 cm³/mol. The molecule has 1 heterocycles. The van der Waals surface area contributed by atoms with Crippen LogP contribution in [-0.2, 0) is 4.74 Å². The summed E-state index contributed by atoms with van der Waals surface area (Å²) in [6, 6.07) is 7.87. The number of ether oxygens (including phenoxy) is 2. The Kier molecular flexibility index (Phi) is 3.47. The Balaban J connectivity index is 2.19. The number of hydrogen-bond donors (Lipinski definition) is 1. The second-order valence-electron chi connectivity index (χ2n) is 3.90. The van der Waals surface area contributed by atoms with Gasteiger partial charge in [-0.25, -0.2) is 0 Å². The molecule has 0 aliphatic carbocycles. The third-order valence-corrected chi connectivity index (χ3v) is 2.70. The molecule has 1 N–H and O–H groups in total. The molecular formula is C13H16O3. The molecule has 0 saturated heterocycles. The van der Waals surface area contributed by atoms with Gasteiger partial charge in [-0.05, 0) is 36.1 Å². The van der Waals surface area contributed by atoms with Crippen molar-refractivity contribution in [3.63, 3.8) is 0 Å². The van der Waals surface area contributed by atoms with Gasteiger partial charge in [-0.1, -0.05) is 12.1 Å². The number of rotatable bonds is 2. The normalized spacial score (nSPS) is 20.6. The van der Waals surface area contributed by atoms with Crippen LogP contribution in [0, 0.1) is 0 Å². The number of aliphatic hydroxyl groups is 1. The minimum Gasteiger partial charge on any atom is -0.498 e. The zero-order valence-corrected chi connectivity index (χ0v) is 9.35. The highest BCUT2D eigenvalue weighted by atomic mass is 16.5. The van der Waals surface area contributed by atoms with Crippen molar-refractivity contribution in [3.8, 4) is 5.75 Å². The summed E-state index contributed by atoms with van der Waals surface area (Å²) >= 11 is 0. The van der Waals surface area contributed by atoms with Gasteiger partial charge in [0.15, 0.2) is 0 Å². The number of benzene rings is 1. The molecule has 16 heavy (non-hydrogen) atoms. The zero-order valence-electron chi connectivity index (χ0n) is 9.35. The molecule has 1 atom stereocenters. The molecule has 0 amide bonds. The standard InChI is InChI=1S/C13H16O3/c1-15-13-4-2-3-10(7-13)11-5-6-12(14)9-16-8-11/h2-4,7-8,12,14H,5-6,9H2,1H3. The number of hydrogen-bond acceptors (Lipinski definition) is 3. The van der Waals surface area contributed by atoms with E-state index in [4.69, 9.17) is 9.47 Å². The van der Waals surface area contributed by atoms with Gasteiger partial charge in [-0.2, -0.15) is 0 Å². The Hall–Kier alpha value is -1.48. The minimum absolute atomic E-state index is 0.362. The molecule has 1 aromatic carbocycles. The molecule has 0 aromatic heterocycles. The molecule has 3 nitrogen and oxygen atoms in total. The Morgan fingerprint density at radius 3 is 3.12 bits per heavy atom. The first kappa shape index (κ1) is 11.0. The maximum Gasteiger partial charge on any atom is 0.119 e. The Bertz CT molecular complexity index is 385. The average molecular weight is 220 g/mol. The molecule has 0 bridgehead atoms. The molecular weight excluding hydrogens is 204 g/mol. The van der Waals surface area contributed by atoms with Crippen LogP contribution in [-0.4, -0.2) is 24.9 Å². The Morgan fingerprint density at radius 2 is 2.31 bits per heavy atom. The van der Waals surface area contributed by atoms with Gasteiger partial charge in [0, 0.05) is 0 Å². The van der Waals surface area contributed by atoms with Crippen LogP contribution in [0.4, 0.5) is 0 Å². The molecule has 1 aromatic rings. The van der Waals surface area contributed by atoms with Crippen molar-refractivity contribution >= 4 is 5.57 Å². The second kappa shape index (κ2) is 5.03. The summed E-state index contributed by atoms with van der Waals surface area (Å²) in [5.74, 6) is 0.836. The molecule has 0 spiro atoms. The van der Waals surface area contributed by atoms with Crippen LogP contribution in [0.3, 0.4) is 0 Å². The summed E-state index contributed by atoms with van der Waals surface area (Å²) in [7, 11) is 1.65. The van der Waals surface area contributed by atoms with Crippen molar-refractivity contribution in [1.82, 2.24) is 0 Å². The van der Waals surface area contributed by atoms with E-state index in [1.165, 1.54) is 0 Å². The van der Waals surface area contributed by atoms with Gasteiger partial charge >= 0.3 is 0 Å². The fourth-order valence-electron chi connectivity index (χ4n) is 1.76. The monoisotopic (exact) mass is 220 g/mol.